The Morgan fingerprint density at radius 1 is 1.16 bits per heavy atom. The van der Waals surface area contributed by atoms with Crippen molar-refractivity contribution in [2.24, 2.45) is 0 Å². The first-order chi connectivity index (χ1) is 12.0. The molecular formula is C17H12N4O4. The second kappa shape index (κ2) is 5.45. The number of fused-ring (bicyclic) bond motifs is 3. The lowest BCUT2D eigenvalue weighted by molar-refractivity contribution is -0.384. The van der Waals surface area contributed by atoms with Gasteiger partial charge < -0.3 is 5.11 Å². The fraction of sp³-hybridized carbons (Fsp3) is 0.0588. The van der Waals surface area contributed by atoms with Crippen LogP contribution in [-0.4, -0.2) is 24.4 Å². The molecule has 0 aliphatic heterocycles. The normalized spacial score (nSPS) is 11.2. The van der Waals surface area contributed by atoms with Crippen LogP contribution in [0.15, 0.2) is 53.3 Å². The summed E-state index contributed by atoms with van der Waals surface area (Å²) in [4.78, 5) is 29.5. The number of nitro benzene ring substituents is 1. The van der Waals surface area contributed by atoms with Gasteiger partial charge in [-0.3, -0.25) is 19.9 Å². The maximum atomic E-state index is 12.3. The molecule has 8 heteroatoms. The Bertz CT molecular complexity index is 1180. The third kappa shape index (κ3) is 2.40. The van der Waals surface area contributed by atoms with Crippen molar-refractivity contribution in [2.45, 2.75) is 6.42 Å². The lowest BCUT2D eigenvalue weighted by atomic mass is 10.1. The number of nitrogens with zero attached hydrogens (tertiary/aromatic N) is 3. The van der Waals surface area contributed by atoms with Crippen LogP contribution in [-0.2, 0) is 6.42 Å². The molecule has 4 aromatic rings. The van der Waals surface area contributed by atoms with Crippen molar-refractivity contribution in [3.05, 3.63) is 80.1 Å². The van der Waals surface area contributed by atoms with Gasteiger partial charge in [0.1, 0.15) is 0 Å². The summed E-state index contributed by atoms with van der Waals surface area (Å²) in [6, 6.07) is 13.1. The number of aromatic amines is 1. The first-order valence-electron chi connectivity index (χ1n) is 7.49. The van der Waals surface area contributed by atoms with Crippen LogP contribution in [0.3, 0.4) is 0 Å². The van der Waals surface area contributed by atoms with Gasteiger partial charge in [0.05, 0.1) is 21.5 Å². The summed E-state index contributed by atoms with van der Waals surface area (Å²) in [6.07, 6.45) is 0.140. The van der Waals surface area contributed by atoms with Gasteiger partial charge >= 0.3 is 0 Å². The Labute approximate surface area is 140 Å². The molecule has 2 aromatic heterocycles. The van der Waals surface area contributed by atoms with Crippen molar-refractivity contribution in [1.82, 2.24) is 14.4 Å². The highest BCUT2D eigenvalue weighted by Crippen LogP contribution is 2.24. The summed E-state index contributed by atoms with van der Waals surface area (Å²) in [5.41, 5.74) is 1.70. The molecule has 0 spiro atoms. The van der Waals surface area contributed by atoms with Crippen LogP contribution in [0.4, 0.5) is 5.69 Å². The Morgan fingerprint density at radius 3 is 2.60 bits per heavy atom. The number of H-pyrrole nitrogens is 1. The fourth-order valence-electron chi connectivity index (χ4n) is 2.84. The van der Waals surface area contributed by atoms with Crippen molar-refractivity contribution >= 4 is 22.5 Å². The summed E-state index contributed by atoms with van der Waals surface area (Å²) in [5.74, 6) is 0.0713. The minimum atomic E-state index is -0.488. The molecule has 0 radical (unpaired) electrons. The summed E-state index contributed by atoms with van der Waals surface area (Å²) in [7, 11) is 0. The predicted molar refractivity (Wildman–Crippen MR) is 90.9 cm³/mol. The minimum absolute atomic E-state index is 0.0297. The zero-order valence-corrected chi connectivity index (χ0v) is 12.8. The van der Waals surface area contributed by atoms with Crippen LogP contribution in [0.2, 0.25) is 0 Å². The van der Waals surface area contributed by atoms with E-state index < -0.39 is 10.5 Å². The van der Waals surface area contributed by atoms with E-state index in [2.05, 4.69) is 9.97 Å². The van der Waals surface area contributed by atoms with E-state index in [1.165, 1.54) is 16.5 Å². The molecule has 2 heterocycles. The number of aromatic hydroxyl groups is 1. The van der Waals surface area contributed by atoms with E-state index in [1.54, 1.807) is 24.3 Å². The van der Waals surface area contributed by atoms with Crippen molar-refractivity contribution in [3.8, 4) is 5.88 Å². The topological polar surface area (TPSA) is 114 Å². The molecular weight excluding hydrogens is 324 g/mol. The van der Waals surface area contributed by atoms with Gasteiger partial charge in [-0.05, 0) is 17.7 Å². The van der Waals surface area contributed by atoms with Crippen LogP contribution in [0.25, 0.3) is 16.8 Å². The minimum Gasteiger partial charge on any atom is -0.494 e. The quantitative estimate of drug-likeness (QED) is 0.440. The van der Waals surface area contributed by atoms with E-state index in [0.717, 1.165) is 0 Å². The Balaban J connectivity index is 1.85. The molecule has 0 bridgehead atoms. The van der Waals surface area contributed by atoms with Crippen LogP contribution in [0.1, 0.15) is 11.1 Å². The largest absolute Gasteiger partial charge is 0.494 e. The third-order valence-electron chi connectivity index (χ3n) is 4.07. The lowest BCUT2D eigenvalue weighted by Crippen LogP contribution is -2.16. The lowest BCUT2D eigenvalue weighted by Gasteiger charge is -2.07. The van der Waals surface area contributed by atoms with Crippen LogP contribution >= 0.6 is 0 Å². The number of imidazole rings is 1. The zero-order chi connectivity index (χ0) is 17.6. The van der Waals surface area contributed by atoms with Gasteiger partial charge in [-0.2, -0.15) is 0 Å². The first kappa shape index (κ1) is 14.9. The molecule has 2 N–H and O–H groups in total. The van der Waals surface area contributed by atoms with E-state index in [1.807, 2.05) is 12.1 Å². The summed E-state index contributed by atoms with van der Waals surface area (Å²) in [5, 5.41) is 21.3. The number of hydrogen-bond acceptors (Lipinski definition) is 5. The molecule has 25 heavy (non-hydrogen) atoms. The predicted octanol–water partition coefficient (Wildman–Crippen LogP) is 2.38. The van der Waals surface area contributed by atoms with E-state index in [9.17, 15) is 20.0 Å². The molecule has 124 valence electrons. The monoisotopic (exact) mass is 336 g/mol. The number of para-hydroxylation sites is 2. The van der Waals surface area contributed by atoms with E-state index in [-0.39, 0.29) is 29.3 Å². The molecule has 0 unspecified atom stereocenters. The highest BCUT2D eigenvalue weighted by atomic mass is 16.6. The van der Waals surface area contributed by atoms with Gasteiger partial charge in [0, 0.05) is 18.6 Å². The average Bonchev–Trinajstić information content (AvgIpc) is 2.97. The average molecular weight is 336 g/mol. The number of aromatic nitrogens is 3. The van der Waals surface area contributed by atoms with Crippen molar-refractivity contribution < 1.29 is 10.0 Å². The highest BCUT2D eigenvalue weighted by molar-refractivity contribution is 5.80. The number of rotatable bonds is 3. The molecule has 0 saturated heterocycles. The molecule has 0 aliphatic rings. The fourth-order valence-corrected chi connectivity index (χ4v) is 2.84. The number of non-ortho nitro benzene ring substituents is 1. The highest BCUT2D eigenvalue weighted by Gasteiger charge is 2.16. The van der Waals surface area contributed by atoms with Crippen LogP contribution in [0.5, 0.6) is 5.88 Å². The molecule has 0 saturated carbocycles. The van der Waals surface area contributed by atoms with E-state index in [0.29, 0.717) is 16.6 Å². The van der Waals surface area contributed by atoms with E-state index in [4.69, 9.17) is 0 Å². The third-order valence-corrected chi connectivity index (χ3v) is 4.07. The Kier molecular flexibility index (Phi) is 3.24. The van der Waals surface area contributed by atoms with Gasteiger partial charge in [0.15, 0.2) is 0 Å². The second-order valence-corrected chi connectivity index (χ2v) is 5.62. The molecule has 0 fully saturated rings. The standard InChI is InChI=1S/C17H12N4O4/c22-15-12(9-10-5-7-11(8-6-10)21(24)25)16(23)20-14-4-2-1-3-13(14)18-17(20)19-15/h1-8,23H,9H2,(H,18,19,22). The smallest absolute Gasteiger partial charge is 0.269 e. The number of benzene rings is 2. The zero-order valence-electron chi connectivity index (χ0n) is 12.8. The summed E-state index contributed by atoms with van der Waals surface area (Å²) < 4.78 is 1.48. The Morgan fingerprint density at radius 2 is 1.88 bits per heavy atom. The molecule has 0 amide bonds. The van der Waals surface area contributed by atoms with Crippen molar-refractivity contribution in [1.29, 1.82) is 0 Å². The van der Waals surface area contributed by atoms with Crippen molar-refractivity contribution in [3.63, 3.8) is 0 Å². The van der Waals surface area contributed by atoms with Crippen molar-refractivity contribution in [2.75, 3.05) is 0 Å². The molecule has 8 nitrogen and oxygen atoms in total. The molecule has 4 rings (SSSR count). The number of hydrogen-bond donors (Lipinski definition) is 2. The first-order valence-corrected chi connectivity index (χ1v) is 7.49. The maximum absolute atomic E-state index is 12.3. The van der Waals surface area contributed by atoms with Gasteiger partial charge in [0.25, 0.3) is 11.2 Å². The molecule has 0 aliphatic carbocycles. The van der Waals surface area contributed by atoms with Gasteiger partial charge in [-0.15, -0.1) is 0 Å². The number of nitro groups is 1. The summed E-state index contributed by atoms with van der Waals surface area (Å²) >= 11 is 0. The Hall–Kier alpha value is -3.68. The van der Waals surface area contributed by atoms with Gasteiger partial charge in [-0.25, -0.2) is 9.38 Å². The van der Waals surface area contributed by atoms with Gasteiger partial charge in [-0.1, -0.05) is 24.3 Å². The SMILES string of the molecule is O=c1[nH]c2nc3ccccc3n2c(O)c1Cc1ccc([N+](=O)[O-])cc1. The number of nitrogens with one attached hydrogen (secondary N) is 1. The molecule has 2 aromatic carbocycles. The maximum Gasteiger partial charge on any atom is 0.269 e. The van der Waals surface area contributed by atoms with E-state index >= 15 is 0 Å². The second-order valence-electron chi connectivity index (χ2n) is 5.62. The van der Waals surface area contributed by atoms with Gasteiger partial charge in [0.2, 0.25) is 11.7 Å². The van der Waals surface area contributed by atoms with Crippen LogP contribution < -0.4 is 5.56 Å². The summed E-state index contributed by atoms with van der Waals surface area (Å²) in [6.45, 7) is 0. The molecule has 0 atom stereocenters. The van der Waals surface area contributed by atoms with Crippen LogP contribution in [0, 0.1) is 10.1 Å².